The second kappa shape index (κ2) is 9.41. The lowest BCUT2D eigenvalue weighted by atomic mass is 10.1. The van der Waals surface area contributed by atoms with E-state index in [1.54, 1.807) is 23.5 Å². The summed E-state index contributed by atoms with van der Waals surface area (Å²) >= 11 is 3.09. The lowest BCUT2D eigenvalue weighted by molar-refractivity contribution is -0.120. The average Bonchev–Trinajstić information content (AvgIpc) is 3.42. The number of nitrogens with one attached hydrogen (secondary N) is 1. The molecule has 2 heterocycles. The number of carbonyl (C=O) groups excluding carboxylic acids is 1. The van der Waals surface area contributed by atoms with Gasteiger partial charge in [-0.25, -0.2) is 4.98 Å². The molecule has 3 aromatic rings. The van der Waals surface area contributed by atoms with E-state index in [1.165, 1.54) is 32.7 Å². The molecule has 2 aromatic heterocycles. The summed E-state index contributed by atoms with van der Waals surface area (Å²) in [5.41, 5.74) is 1.20. The molecular weight excluding hydrogens is 410 g/mol. The highest BCUT2D eigenvalue weighted by molar-refractivity contribution is 7.20. The normalized spacial score (nSPS) is 11.4. The number of thiazole rings is 1. The van der Waals surface area contributed by atoms with Crippen LogP contribution in [0.15, 0.2) is 35.0 Å². The van der Waals surface area contributed by atoms with Gasteiger partial charge in [0.2, 0.25) is 11.7 Å². The summed E-state index contributed by atoms with van der Waals surface area (Å²) in [4.78, 5) is 18.1. The molecule has 0 aliphatic heterocycles. The van der Waals surface area contributed by atoms with Crippen molar-refractivity contribution in [1.82, 2.24) is 10.3 Å². The molecule has 0 saturated carbocycles. The predicted molar refractivity (Wildman–Crippen MR) is 112 cm³/mol. The van der Waals surface area contributed by atoms with Gasteiger partial charge in [-0.1, -0.05) is 6.07 Å². The maximum Gasteiger partial charge on any atom is 0.227 e. The van der Waals surface area contributed by atoms with Gasteiger partial charge in [-0.15, -0.1) is 22.7 Å². The molecule has 0 fully saturated rings. The second-order valence-electron chi connectivity index (χ2n) is 5.89. The van der Waals surface area contributed by atoms with Crippen LogP contribution in [0.2, 0.25) is 0 Å². The van der Waals surface area contributed by atoms with Gasteiger partial charge in [-0.3, -0.25) is 4.79 Å². The number of aromatic nitrogens is 1. The third-order valence-corrected chi connectivity index (χ3v) is 6.01. The first-order chi connectivity index (χ1) is 14.1. The van der Waals surface area contributed by atoms with Crippen molar-refractivity contribution >= 4 is 28.6 Å². The Kier molecular flexibility index (Phi) is 6.69. The van der Waals surface area contributed by atoms with Crippen LogP contribution in [0.25, 0.3) is 9.88 Å². The van der Waals surface area contributed by atoms with Gasteiger partial charge in [-0.05, 0) is 29.1 Å². The lowest BCUT2D eigenvalue weighted by Gasteiger charge is -2.17. The Morgan fingerprint density at radius 3 is 2.48 bits per heavy atom. The van der Waals surface area contributed by atoms with Crippen LogP contribution in [0.4, 0.5) is 0 Å². The monoisotopic (exact) mass is 429 g/mol. The molecule has 0 aliphatic carbocycles. The van der Waals surface area contributed by atoms with Gasteiger partial charge in [0.05, 0.1) is 44.4 Å². The predicted octanol–water partition coefficient (Wildman–Crippen LogP) is 3.82. The zero-order valence-corrected chi connectivity index (χ0v) is 17.7. The number of amides is 1. The molecule has 150 valence electrons. The summed E-state index contributed by atoms with van der Waals surface area (Å²) in [6.07, 6.45) is 0.0878. The SMILES string of the molecule is COc1cc(C(C#N)NC(=O)Cc2csc(-c3cccs3)n2)cc(OC)c1OC. The van der Waals surface area contributed by atoms with Gasteiger partial charge >= 0.3 is 0 Å². The van der Waals surface area contributed by atoms with Crippen LogP contribution < -0.4 is 19.5 Å². The summed E-state index contributed by atoms with van der Waals surface area (Å²) in [5, 5.41) is 17.0. The third-order valence-electron chi connectivity index (χ3n) is 4.08. The zero-order chi connectivity index (χ0) is 20.8. The minimum atomic E-state index is -0.869. The summed E-state index contributed by atoms with van der Waals surface area (Å²) in [5.74, 6) is 0.951. The Hall–Kier alpha value is -3.09. The Labute approximate surface area is 176 Å². The van der Waals surface area contributed by atoms with E-state index in [4.69, 9.17) is 14.2 Å². The van der Waals surface area contributed by atoms with E-state index in [0.717, 1.165) is 9.88 Å². The van der Waals surface area contributed by atoms with Crippen LogP contribution in [0, 0.1) is 11.3 Å². The Morgan fingerprint density at radius 2 is 1.93 bits per heavy atom. The number of methoxy groups -OCH3 is 3. The van der Waals surface area contributed by atoms with Crippen LogP contribution in [-0.2, 0) is 11.2 Å². The molecule has 0 saturated heterocycles. The number of ether oxygens (including phenoxy) is 3. The molecule has 1 aromatic carbocycles. The van der Waals surface area contributed by atoms with Crippen molar-refractivity contribution in [3.8, 4) is 33.2 Å². The van der Waals surface area contributed by atoms with Crippen molar-refractivity contribution in [3.05, 3.63) is 46.3 Å². The summed E-state index contributed by atoms with van der Waals surface area (Å²) in [6, 6.07) is 8.48. The molecule has 29 heavy (non-hydrogen) atoms. The standard InChI is InChI=1S/C20H19N3O4S2/c1-25-15-7-12(8-16(26-2)19(15)27-3)14(10-21)23-18(24)9-13-11-29-20(22-13)17-5-4-6-28-17/h4-8,11,14H,9H2,1-3H3,(H,23,24). The number of hydrogen-bond donors (Lipinski definition) is 1. The number of thiophene rings is 1. The number of hydrogen-bond acceptors (Lipinski definition) is 8. The largest absolute Gasteiger partial charge is 0.493 e. The molecular formula is C20H19N3O4S2. The molecule has 9 heteroatoms. The van der Waals surface area contributed by atoms with E-state index in [0.29, 0.717) is 28.5 Å². The van der Waals surface area contributed by atoms with Crippen LogP contribution >= 0.6 is 22.7 Å². The number of benzene rings is 1. The summed E-state index contributed by atoms with van der Waals surface area (Å²) in [7, 11) is 4.49. The maximum absolute atomic E-state index is 12.5. The van der Waals surface area contributed by atoms with Gasteiger partial charge in [0.1, 0.15) is 11.0 Å². The molecule has 1 unspecified atom stereocenters. The lowest BCUT2D eigenvalue weighted by Crippen LogP contribution is -2.29. The summed E-state index contributed by atoms with van der Waals surface area (Å²) in [6.45, 7) is 0. The molecule has 0 spiro atoms. The van der Waals surface area contributed by atoms with E-state index in [2.05, 4.69) is 16.4 Å². The number of carbonyl (C=O) groups is 1. The highest BCUT2D eigenvalue weighted by Gasteiger charge is 2.21. The minimum Gasteiger partial charge on any atom is -0.493 e. The van der Waals surface area contributed by atoms with Gasteiger partial charge < -0.3 is 19.5 Å². The maximum atomic E-state index is 12.5. The van der Waals surface area contributed by atoms with E-state index in [-0.39, 0.29) is 12.3 Å². The Balaban J connectivity index is 1.74. The molecule has 0 aliphatic rings. The van der Waals surface area contributed by atoms with Crippen molar-refractivity contribution in [3.63, 3.8) is 0 Å². The topological polar surface area (TPSA) is 93.5 Å². The first-order valence-corrected chi connectivity index (χ1v) is 10.3. The van der Waals surface area contributed by atoms with Crippen molar-refractivity contribution in [2.45, 2.75) is 12.5 Å². The summed E-state index contributed by atoms with van der Waals surface area (Å²) < 4.78 is 15.9. The van der Waals surface area contributed by atoms with Gasteiger partial charge in [-0.2, -0.15) is 5.26 Å². The molecule has 0 bridgehead atoms. The highest BCUT2D eigenvalue weighted by atomic mass is 32.1. The first kappa shape index (κ1) is 20.6. The molecule has 0 radical (unpaired) electrons. The van der Waals surface area contributed by atoms with Crippen LogP contribution in [0.5, 0.6) is 17.2 Å². The smallest absolute Gasteiger partial charge is 0.227 e. The fourth-order valence-electron chi connectivity index (χ4n) is 2.74. The second-order valence-corrected chi connectivity index (χ2v) is 7.69. The first-order valence-electron chi connectivity index (χ1n) is 8.56. The van der Waals surface area contributed by atoms with Crippen LogP contribution in [0.1, 0.15) is 17.3 Å². The molecule has 3 rings (SSSR count). The fraction of sp³-hybridized carbons (Fsp3) is 0.250. The third kappa shape index (κ3) is 4.67. The van der Waals surface area contributed by atoms with Crippen LogP contribution in [0.3, 0.4) is 0 Å². The van der Waals surface area contributed by atoms with Gasteiger partial charge in [0, 0.05) is 5.38 Å². The van der Waals surface area contributed by atoms with Crippen LogP contribution in [-0.4, -0.2) is 32.2 Å². The quantitative estimate of drug-likeness (QED) is 0.585. The van der Waals surface area contributed by atoms with Gasteiger partial charge in [0.15, 0.2) is 11.5 Å². The highest BCUT2D eigenvalue weighted by Crippen LogP contribution is 2.39. The number of nitriles is 1. The van der Waals surface area contributed by atoms with Gasteiger partial charge in [0.25, 0.3) is 0 Å². The molecule has 1 amide bonds. The van der Waals surface area contributed by atoms with Crippen molar-refractivity contribution in [1.29, 1.82) is 5.26 Å². The molecule has 1 atom stereocenters. The number of nitrogens with zero attached hydrogens (tertiary/aromatic N) is 2. The van der Waals surface area contributed by atoms with E-state index < -0.39 is 6.04 Å². The zero-order valence-electron chi connectivity index (χ0n) is 16.1. The van der Waals surface area contributed by atoms with Crippen molar-refractivity contribution in [2.24, 2.45) is 0 Å². The van der Waals surface area contributed by atoms with E-state index in [9.17, 15) is 10.1 Å². The fourth-order valence-corrected chi connectivity index (χ4v) is 4.37. The molecule has 7 nitrogen and oxygen atoms in total. The van der Waals surface area contributed by atoms with Crippen molar-refractivity contribution < 1.29 is 19.0 Å². The minimum absolute atomic E-state index is 0.0878. The van der Waals surface area contributed by atoms with E-state index >= 15 is 0 Å². The van der Waals surface area contributed by atoms with E-state index in [1.807, 2.05) is 22.9 Å². The Bertz CT molecular complexity index is 1000. The Morgan fingerprint density at radius 1 is 1.21 bits per heavy atom. The number of rotatable bonds is 8. The average molecular weight is 430 g/mol. The van der Waals surface area contributed by atoms with Crippen molar-refractivity contribution in [2.75, 3.05) is 21.3 Å². The molecule has 1 N–H and O–H groups in total.